The van der Waals surface area contributed by atoms with Gasteiger partial charge in [0.2, 0.25) is 27.1 Å². The molecule has 5 aromatic heterocycles. The van der Waals surface area contributed by atoms with Gasteiger partial charge >= 0.3 is 11.9 Å². The number of aromatic nitrogens is 5. The van der Waals surface area contributed by atoms with Gasteiger partial charge in [0.05, 0.1) is 10.5 Å². The van der Waals surface area contributed by atoms with Crippen LogP contribution >= 0.6 is 0 Å². The van der Waals surface area contributed by atoms with E-state index in [1.54, 1.807) is 44.5 Å². The number of allylic oxidation sites excluding steroid dienone is 1. The number of nitro groups is 1. The zero-order valence-electron chi connectivity index (χ0n) is 81.5. The summed E-state index contributed by atoms with van der Waals surface area (Å²) in [5.74, 6) is 7.91. The van der Waals surface area contributed by atoms with E-state index in [4.69, 9.17) is 45.1 Å². The molecule has 15 rings (SSSR count). The highest BCUT2D eigenvalue weighted by Crippen LogP contribution is 2.38. The first-order valence-corrected chi connectivity index (χ1v) is 45.6. The predicted molar refractivity (Wildman–Crippen MR) is 559 cm³/mol. The number of carbonyl (C=O) groups is 6. The van der Waals surface area contributed by atoms with Crippen molar-refractivity contribution in [3.8, 4) is 34.5 Å². The maximum atomic E-state index is 14.0. The molecule has 1 unspecified atom stereocenters. The Bertz CT molecular complexity index is 7040. The van der Waals surface area contributed by atoms with Crippen LogP contribution in [0.3, 0.4) is 0 Å². The molecule has 2 aliphatic rings. The SMILES string of the molecule is C=C(C)CCC(=O)c1c(OCc2ccccc2)c(=O)ccn1N.C=C(C)CN.C=C(C)CN1CNn2ccc(=O)c(OCc3ccccc3)c2C1=O.C=C(C)CNC(=O)c1[nH]ccc(=O)c1OCc1ccccc1.C=CCOc1ccccc1C(c1ccccc1)N1CN(CC(=C)C)C(=O)c2c(OCc3ccccc3)c(=O)ccn21.NOC(=O)c1ccc([N+](=O)[O-])cc1.O=C(O)c1[nH]ccc(=O)c1OCc1ccccc1. The van der Waals surface area contributed by atoms with Crippen LogP contribution in [0.4, 0.5) is 5.69 Å². The molecule has 0 fully saturated rings. The van der Waals surface area contributed by atoms with Gasteiger partial charge in [-0.2, -0.15) is 5.90 Å². The lowest BCUT2D eigenvalue weighted by atomic mass is 9.97. The highest BCUT2D eigenvalue weighted by atomic mass is 16.7. The number of fused-ring (bicyclic) bond motifs is 2. The number of amides is 3. The number of ketones is 1. The number of Topliss-reactive ketones (excluding diaryl/α,β-unsaturated/α-hetero) is 1. The number of carboxylic acids is 1. The van der Waals surface area contributed by atoms with Crippen molar-refractivity contribution in [3.63, 3.8) is 0 Å². The summed E-state index contributed by atoms with van der Waals surface area (Å²) in [7, 11) is 0. The van der Waals surface area contributed by atoms with Crippen molar-refractivity contribution in [2.75, 3.05) is 62.4 Å². The molecule has 13 aromatic rings. The summed E-state index contributed by atoms with van der Waals surface area (Å²) in [5.41, 5.74) is 17.6. The largest absolute Gasteiger partial charge is 0.489 e. The van der Waals surface area contributed by atoms with Gasteiger partial charge in [-0.3, -0.25) is 72.3 Å². The zero-order chi connectivity index (χ0) is 106. The molecule has 0 aliphatic carbocycles. The predicted octanol–water partition coefficient (Wildman–Crippen LogP) is 15.4. The number of pyridine rings is 5. The molecule has 1 atom stereocenters. The van der Waals surface area contributed by atoms with E-state index in [1.165, 1.54) is 73.2 Å². The molecule has 35 nitrogen and oxygen atoms in total. The summed E-state index contributed by atoms with van der Waals surface area (Å²) in [6.45, 7) is 35.6. The van der Waals surface area contributed by atoms with Crippen molar-refractivity contribution in [3.05, 3.63) is 499 Å². The molecule has 0 radical (unpaired) electrons. The van der Waals surface area contributed by atoms with Gasteiger partial charge in [-0.05, 0) is 92.6 Å². The maximum Gasteiger partial charge on any atom is 0.356 e. The van der Waals surface area contributed by atoms with Crippen molar-refractivity contribution in [1.29, 1.82) is 0 Å². The van der Waals surface area contributed by atoms with Crippen LogP contribution in [0.2, 0.25) is 0 Å². The van der Waals surface area contributed by atoms with E-state index < -0.39 is 28.2 Å². The summed E-state index contributed by atoms with van der Waals surface area (Å²) in [6.07, 6.45) is 9.74. The minimum Gasteiger partial charge on any atom is -0.489 e. The second kappa shape index (κ2) is 56.7. The van der Waals surface area contributed by atoms with Crippen molar-refractivity contribution in [1.82, 2.24) is 39.1 Å². The van der Waals surface area contributed by atoms with Gasteiger partial charge < -0.3 is 80.5 Å². The second-order valence-corrected chi connectivity index (χ2v) is 33.1. The van der Waals surface area contributed by atoms with Crippen LogP contribution in [0, 0.1) is 10.1 Å². The Morgan fingerprint density at radius 3 is 1.36 bits per heavy atom. The Morgan fingerprint density at radius 2 is 0.904 bits per heavy atom. The second-order valence-electron chi connectivity index (χ2n) is 33.1. The summed E-state index contributed by atoms with van der Waals surface area (Å²) < 4.78 is 38.8. The zero-order valence-corrected chi connectivity index (χ0v) is 81.5. The molecule has 146 heavy (non-hydrogen) atoms. The van der Waals surface area contributed by atoms with Gasteiger partial charge in [-0.1, -0.05) is 267 Å². The topological polar surface area (TPSA) is 474 Å². The van der Waals surface area contributed by atoms with E-state index in [0.717, 1.165) is 71.5 Å². The van der Waals surface area contributed by atoms with E-state index in [0.29, 0.717) is 51.6 Å². The van der Waals surface area contributed by atoms with Gasteiger partial charge in [-0.15, -0.1) is 6.58 Å². The first-order chi connectivity index (χ1) is 70.2. The number of nitrogens with zero attached hydrogens (tertiary/aromatic N) is 7. The molecule has 3 amide bonds. The molecule has 756 valence electrons. The normalized spacial score (nSPS) is 11.4. The lowest BCUT2D eigenvalue weighted by molar-refractivity contribution is -0.384. The number of nitro benzene ring substituents is 1. The molecular formula is C111H116N14O21. The molecular weight excluding hydrogens is 1870 g/mol. The number of nitrogens with two attached hydrogens (primary N) is 3. The molecule has 0 spiro atoms. The highest BCUT2D eigenvalue weighted by molar-refractivity contribution is 5.98. The van der Waals surface area contributed by atoms with E-state index in [-0.39, 0.29) is 160 Å². The summed E-state index contributed by atoms with van der Waals surface area (Å²) >= 11 is 0. The van der Waals surface area contributed by atoms with Crippen LogP contribution in [-0.2, 0) is 37.9 Å². The number of para-hydroxylation sites is 1. The van der Waals surface area contributed by atoms with Crippen molar-refractivity contribution in [2.24, 2.45) is 11.6 Å². The molecule has 11 N–H and O–H groups in total. The van der Waals surface area contributed by atoms with Crippen LogP contribution in [0.5, 0.6) is 34.5 Å². The Labute approximate surface area is 842 Å². The fourth-order valence-electron chi connectivity index (χ4n) is 13.8. The number of nitrogen functional groups attached to an aromatic ring is 1. The van der Waals surface area contributed by atoms with Crippen LogP contribution in [0.15, 0.2) is 389 Å². The average Bonchev–Trinajstić information content (AvgIpc) is 0.740. The minimum absolute atomic E-state index is 0.00873. The first-order valence-electron chi connectivity index (χ1n) is 45.6. The first kappa shape index (κ1) is 111. The lowest BCUT2D eigenvalue weighted by Crippen LogP contribution is -2.56. The number of aromatic carboxylic acids is 1. The number of carbonyl (C=O) groups excluding carboxylic acids is 5. The van der Waals surface area contributed by atoms with Gasteiger partial charge in [0.1, 0.15) is 64.8 Å². The number of H-pyrrole nitrogens is 2. The van der Waals surface area contributed by atoms with Crippen LogP contribution < -0.4 is 88.8 Å². The quantitative estimate of drug-likeness (QED) is 0.00594. The van der Waals surface area contributed by atoms with Gasteiger partial charge in [-0.25, -0.2) is 9.59 Å². The van der Waals surface area contributed by atoms with E-state index in [9.17, 15) is 62.9 Å². The highest BCUT2D eigenvalue weighted by Gasteiger charge is 2.39. The van der Waals surface area contributed by atoms with E-state index in [2.05, 4.69) is 75.9 Å². The number of hydrogen-bond acceptors (Lipinski definition) is 25. The third kappa shape index (κ3) is 33.3. The van der Waals surface area contributed by atoms with E-state index >= 15 is 0 Å². The van der Waals surface area contributed by atoms with Crippen LogP contribution in [0.1, 0.15) is 155 Å². The van der Waals surface area contributed by atoms with Crippen molar-refractivity contribution in [2.45, 2.75) is 86.5 Å². The van der Waals surface area contributed by atoms with Crippen molar-refractivity contribution < 1.29 is 72.1 Å². The number of non-ortho nitro benzene ring substituents is 1. The Hall–Kier alpha value is -18.5. The minimum atomic E-state index is -1.23. The smallest absolute Gasteiger partial charge is 0.356 e. The Balaban J connectivity index is 0.000000200. The number of ether oxygens (including phenoxy) is 6. The van der Waals surface area contributed by atoms with Crippen LogP contribution in [-0.4, -0.2) is 125 Å². The summed E-state index contributed by atoms with van der Waals surface area (Å²) in [5, 5.41) is 23.9. The van der Waals surface area contributed by atoms with Crippen molar-refractivity contribution >= 4 is 41.1 Å². The third-order valence-corrected chi connectivity index (χ3v) is 20.8. The van der Waals surface area contributed by atoms with Gasteiger partial charge in [0, 0.05) is 112 Å². The monoisotopic (exact) mass is 1980 g/mol. The number of nitrogens with one attached hydrogen (secondary N) is 4. The fraction of sp³-hybridized carbons (Fsp3) is 0.180. The number of aromatic amines is 2. The molecule has 2 aliphatic heterocycles. The van der Waals surface area contributed by atoms with E-state index in [1.807, 2.05) is 234 Å². The Kier molecular flexibility index (Phi) is 43.1. The molecule has 0 saturated carbocycles. The molecule has 7 heterocycles. The maximum absolute atomic E-state index is 14.0. The summed E-state index contributed by atoms with van der Waals surface area (Å²) in [4.78, 5) is 156. The van der Waals surface area contributed by atoms with Gasteiger partial charge in [0.25, 0.3) is 23.4 Å². The average molecular weight is 1980 g/mol. The fourth-order valence-corrected chi connectivity index (χ4v) is 13.8. The molecule has 0 bridgehead atoms. The number of hydrogen-bond donors (Lipinski definition) is 8. The number of rotatable bonds is 36. The summed E-state index contributed by atoms with van der Waals surface area (Å²) in [6, 6.07) is 76.2. The molecule has 0 saturated heterocycles. The lowest BCUT2D eigenvalue weighted by Gasteiger charge is -2.44. The standard InChI is InChI=1S/C34H33N3O4.C18H19N3O3.C18H20N2O3.C17H18N2O3.C13H11NO4.C7H6N2O4.C4H9N/c1-4-21-40-30-18-12-11-17-28(30)31(27-15-9-6-10-16-27)37-24-35(22-25(2)3)34(39)32-33(29(38)19-20-36(32)37)41-23-26-13-7-5-8-14-26;1-13(2)10-20-12-19-21-9-8-15(22)17(16(21)18(20)23)24-11-14-6-4-3-5-7-14;1-13(2)8-9-15(21)17-18(16(22)10-11-20(17)19)23-12-14-6-4-3-5-7-14;1-12(2)10-19-17(21)15-16(14(20)8-9-18-15)22-11-13-6-4-3-5-7-13;15-10-6-7-14-11(13(16)17)12(10)18-8-9-4-2-1-3-5-9;8-13-7(10)5-1-3-6(4-2-5)9(11)12;1-4(2)3-5/h4-20,31H,1-2,21-24H2,3H3;3-9,19H,1,10-12H2,2H3;3-7,10-11H,1,8-9,12,19H2,2H3;3-9H,1,10-11H2,2H3,(H,18,20)(H,19,21);1-7H,8H2,(H,14,15)(H,16,17);1-4H,8H2;1,3,5H2,2H3. The van der Waals surface area contributed by atoms with Crippen LogP contribution in [0.25, 0.3) is 0 Å². The molecule has 8 aromatic carbocycles. The molecule has 35 heteroatoms. The Morgan fingerprint density at radius 1 is 0.486 bits per heavy atom. The number of benzene rings is 8. The third-order valence-electron chi connectivity index (χ3n) is 20.8. The number of carboxylic acid groups (broad SMARTS) is 1. The van der Waals surface area contributed by atoms with Gasteiger partial charge in [0.15, 0.2) is 63.0 Å².